The monoisotopic (exact) mass is 328 g/mol. The minimum Gasteiger partial charge on any atom is -0.239 e. The van der Waals surface area contributed by atoms with Gasteiger partial charge in [-0.2, -0.15) is 0 Å². The molecule has 0 spiro atoms. The van der Waals surface area contributed by atoms with Crippen LogP contribution in [0.5, 0.6) is 0 Å². The third kappa shape index (κ3) is 2.12. The first-order valence-electron chi connectivity index (χ1n) is 5.99. The van der Waals surface area contributed by atoms with E-state index in [-0.39, 0.29) is 0 Å². The quantitative estimate of drug-likeness (QED) is 0.479. The van der Waals surface area contributed by atoms with Crippen molar-refractivity contribution in [1.82, 2.24) is 0 Å². The summed E-state index contributed by atoms with van der Waals surface area (Å²) in [5, 5.41) is 0. The van der Waals surface area contributed by atoms with E-state index in [0.717, 1.165) is 6.92 Å². The van der Waals surface area contributed by atoms with Gasteiger partial charge in [0.1, 0.15) is 11.7 Å². The van der Waals surface area contributed by atoms with Crippen LogP contribution in [0, 0.1) is 30.2 Å². The zero-order valence-corrected chi connectivity index (χ0v) is 11.2. The fraction of sp³-hybridized carbons (Fsp3) is 0.286. The first kappa shape index (κ1) is 16.5. The second-order valence-electron chi connectivity index (χ2n) is 4.81. The molecule has 0 amide bonds. The molecular formula is C14H8F8. The van der Waals surface area contributed by atoms with E-state index in [0.29, 0.717) is 6.92 Å². The third-order valence-corrected chi connectivity index (χ3v) is 3.53. The van der Waals surface area contributed by atoms with Gasteiger partial charge >= 0.3 is 0 Å². The van der Waals surface area contributed by atoms with Crippen LogP contribution < -0.4 is 0 Å². The van der Waals surface area contributed by atoms with Gasteiger partial charge in [0, 0.05) is 16.7 Å². The van der Waals surface area contributed by atoms with E-state index in [1.807, 2.05) is 0 Å². The van der Waals surface area contributed by atoms with Gasteiger partial charge in [0.25, 0.3) is 0 Å². The lowest BCUT2D eigenvalue weighted by molar-refractivity contribution is 0.249. The van der Waals surface area contributed by atoms with Crippen LogP contribution >= 0.6 is 0 Å². The first-order valence-corrected chi connectivity index (χ1v) is 5.99. The van der Waals surface area contributed by atoms with Crippen LogP contribution in [-0.2, 0) is 0 Å². The van der Waals surface area contributed by atoms with Crippen LogP contribution in [0.1, 0.15) is 24.0 Å². The number of allylic oxidation sites excluding steroid dienone is 4. The van der Waals surface area contributed by atoms with E-state index in [1.165, 1.54) is 0 Å². The van der Waals surface area contributed by atoms with Crippen molar-refractivity contribution in [2.45, 2.75) is 25.9 Å². The molecule has 0 saturated heterocycles. The van der Waals surface area contributed by atoms with Crippen LogP contribution in [0.4, 0.5) is 35.1 Å². The molecule has 1 aliphatic rings. The second-order valence-corrected chi connectivity index (χ2v) is 4.81. The number of alkyl halides is 1. The maximum absolute atomic E-state index is 13.9. The van der Waals surface area contributed by atoms with Crippen molar-refractivity contribution in [3.8, 4) is 0 Å². The number of halogens is 8. The molecule has 0 N–H and O–H groups in total. The predicted molar refractivity (Wildman–Crippen MR) is 61.7 cm³/mol. The SMILES string of the molecule is CC1=C(F)C(F)C(c2c(F)c(F)c(C)c(F)c2F)C(F)=C1F. The standard InChI is InChI=1S/C14H8F8/c1-3-7(15)11(19)5(12(20)8(3)16)6-13(21)9(17)4(2)10(18)14(6)22/h5,11H,1-2H3. The van der Waals surface area contributed by atoms with Crippen molar-refractivity contribution in [3.05, 3.63) is 57.4 Å². The average Bonchev–Trinajstić information content (AvgIpc) is 2.50. The van der Waals surface area contributed by atoms with Crippen molar-refractivity contribution in [1.29, 1.82) is 0 Å². The Kier molecular flexibility index (Phi) is 4.06. The van der Waals surface area contributed by atoms with Crippen molar-refractivity contribution >= 4 is 0 Å². The Morgan fingerprint density at radius 3 is 1.59 bits per heavy atom. The molecule has 0 radical (unpaired) electrons. The van der Waals surface area contributed by atoms with Crippen LogP contribution in [0.15, 0.2) is 23.1 Å². The van der Waals surface area contributed by atoms with Gasteiger partial charge in [-0.25, -0.2) is 35.1 Å². The molecule has 0 aromatic heterocycles. The van der Waals surface area contributed by atoms with Crippen LogP contribution in [0.3, 0.4) is 0 Å². The highest BCUT2D eigenvalue weighted by molar-refractivity contribution is 5.45. The molecule has 0 fully saturated rings. The molecule has 0 heterocycles. The average molecular weight is 328 g/mol. The van der Waals surface area contributed by atoms with Crippen molar-refractivity contribution < 1.29 is 35.1 Å². The highest BCUT2D eigenvalue weighted by atomic mass is 19.2. The summed E-state index contributed by atoms with van der Waals surface area (Å²) in [4.78, 5) is 0. The van der Waals surface area contributed by atoms with Crippen LogP contribution in [0.2, 0.25) is 0 Å². The van der Waals surface area contributed by atoms with E-state index in [4.69, 9.17) is 0 Å². The van der Waals surface area contributed by atoms with Crippen molar-refractivity contribution in [3.63, 3.8) is 0 Å². The van der Waals surface area contributed by atoms with E-state index in [9.17, 15) is 35.1 Å². The van der Waals surface area contributed by atoms with Gasteiger partial charge in [-0.05, 0) is 13.8 Å². The van der Waals surface area contributed by atoms with Gasteiger partial charge in [0.15, 0.2) is 35.3 Å². The molecule has 0 bridgehead atoms. The van der Waals surface area contributed by atoms with E-state index < -0.39 is 69.5 Å². The molecular weight excluding hydrogens is 320 g/mol. The van der Waals surface area contributed by atoms with Gasteiger partial charge in [-0.1, -0.05) is 0 Å². The molecule has 0 saturated carbocycles. The summed E-state index contributed by atoms with van der Waals surface area (Å²) in [6.45, 7) is 1.42. The highest BCUT2D eigenvalue weighted by Crippen LogP contribution is 2.46. The topological polar surface area (TPSA) is 0 Å². The van der Waals surface area contributed by atoms with E-state index in [1.54, 1.807) is 0 Å². The lowest BCUT2D eigenvalue weighted by Gasteiger charge is -2.25. The number of rotatable bonds is 1. The van der Waals surface area contributed by atoms with Crippen molar-refractivity contribution in [2.75, 3.05) is 0 Å². The lowest BCUT2D eigenvalue weighted by atomic mass is 9.85. The maximum Gasteiger partial charge on any atom is 0.166 e. The minimum absolute atomic E-state index is 0.700. The Morgan fingerprint density at radius 2 is 1.14 bits per heavy atom. The Bertz CT molecular complexity index is 687. The van der Waals surface area contributed by atoms with Crippen molar-refractivity contribution in [2.24, 2.45) is 0 Å². The fourth-order valence-corrected chi connectivity index (χ4v) is 2.21. The number of benzene rings is 1. The van der Waals surface area contributed by atoms with Gasteiger partial charge in [0.2, 0.25) is 0 Å². The second kappa shape index (κ2) is 5.40. The molecule has 1 aromatic carbocycles. The molecule has 8 heteroatoms. The molecule has 2 rings (SSSR count). The van der Waals surface area contributed by atoms with Crippen LogP contribution in [0.25, 0.3) is 0 Å². The highest BCUT2D eigenvalue weighted by Gasteiger charge is 2.43. The molecule has 1 aromatic rings. The molecule has 2 atom stereocenters. The maximum atomic E-state index is 13.9. The molecule has 2 unspecified atom stereocenters. The smallest absolute Gasteiger partial charge is 0.166 e. The number of hydrogen-bond acceptors (Lipinski definition) is 0. The van der Waals surface area contributed by atoms with Gasteiger partial charge in [-0.3, -0.25) is 0 Å². The fourth-order valence-electron chi connectivity index (χ4n) is 2.21. The summed E-state index contributed by atoms with van der Waals surface area (Å²) in [5.41, 5.74) is -3.81. The summed E-state index contributed by atoms with van der Waals surface area (Å²) in [5.74, 6) is -16.5. The lowest BCUT2D eigenvalue weighted by Crippen LogP contribution is -2.25. The molecule has 0 aliphatic heterocycles. The van der Waals surface area contributed by atoms with E-state index >= 15 is 0 Å². The van der Waals surface area contributed by atoms with Gasteiger partial charge < -0.3 is 0 Å². The molecule has 120 valence electrons. The summed E-state index contributed by atoms with van der Waals surface area (Å²) in [6, 6.07) is 0. The Balaban J connectivity index is 2.79. The summed E-state index contributed by atoms with van der Waals surface area (Å²) >= 11 is 0. The Hall–Kier alpha value is -1.86. The predicted octanol–water partition coefficient (Wildman–Crippen LogP) is 5.38. The summed E-state index contributed by atoms with van der Waals surface area (Å²) < 4.78 is 109. The molecule has 22 heavy (non-hydrogen) atoms. The normalized spacial score (nSPS) is 22.6. The third-order valence-electron chi connectivity index (χ3n) is 3.53. The first-order chi connectivity index (χ1) is 10.1. The van der Waals surface area contributed by atoms with E-state index in [2.05, 4.69) is 0 Å². The largest absolute Gasteiger partial charge is 0.239 e. The molecule has 1 aliphatic carbocycles. The van der Waals surface area contributed by atoms with Gasteiger partial charge in [0.05, 0.1) is 5.92 Å². The number of hydrogen-bond donors (Lipinski definition) is 0. The van der Waals surface area contributed by atoms with Gasteiger partial charge in [-0.15, -0.1) is 0 Å². The summed E-state index contributed by atoms with van der Waals surface area (Å²) in [6.07, 6.45) is -3.01. The Labute approximate surface area is 119 Å². The zero-order chi connectivity index (χ0) is 16.9. The minimum atomic E-state index is -3.01. The molecule has 0 nitrogen and oxygen atoms in total. The zero-order valence-electron chi connectivity index (χ0n) is 11.2. The van der Waals surface area contributed by atoms with Crippen LogP contribution in [-0.4, -0.2) is 6.17 Å². The summed E-state index contributed by atoms with van der Waals surface area (Å²) in [7, 11) is 0. The Morgan fingerprint density at radius 1 is 0.682 bits per heavy atom.